The van der Waals surface area contributed by atoms with Crippen LogP contribution < -0.4 is 5.32 Å². The van der Waals surface area contributed by atoms with Crippen LogP contribution in [0.3, 0.4) is 0 Å². The van der Waals surface area contributed by atoms with Crippen LogP contribution in [0.2, 0.25) is 10.0 Å². The lowest BCUT2D eigenvalue weighted by Crippen LogP contribution is -2.43. The van der Waals surface area contributed by atoms with Crippen molar-refractivity contribution in [3.8, 4) is 0 Å². The normalized spacial score (nSPS) is 17.6. The third kappa shape index (κ3) is 3.65. The van der Waals surface area contributed by atoms with Crippen LogP contribution in [-0.4, -0.2) is 36.1 Å². The number of likely N-dealkylation sites (N-methyl/N-ethyl adjacent to an activating group) is 1. The summed E-state index contributed by atoms with van der Waals surface area (Å²) in [5.41, 5.74) is 0.825. The van der Waals surface area contributed by atoms with E-state index in [0.717, 1.165) is 5.56 Å². The molecule has 1 aromatic carbocycles. The number of guanidine groups is 1. The molecule has 22 heavy (non-hydrogen) atoms. The van der Waals surface area contributed by atoms with Gasteiger partial charge in [-0.25, -0.2) is 4.79 Å². The van der Waals surface area contributed by atoms with Crippen molar-refractivity contribution in [1.29, 1.82) is 0 Å². The molecular formula is C15H19Cl2N3O2. The van der Waals surface area contributed by atoms with E-state index in [9.17, 15) is 4.79 Å². The van der Waals surface area contributed by atoms with Gasteiger partial charge in [0.2, 0.25) is 5.96 Å². The minimum absolute atomic E-state index is 0.0967. The minimum Gasteiger partial charge on any atom is -0.447 e. The molecular weight excluding hydrogens is 325 g/mol. The third-order valence-corrected chi connectivity index (χ3v) is 3.95. The van der Waals surface area contributed by atoms with Crippen LogP contribution >= 0.6 is 23.2 Å². The number of hydrogen-bond donors (Lipinski definition) is 1. The van der Waals surface area contributed by atoms with E-state index in [1.54, 1.807) is 32.0 Å². The molecule has 5 nitrogen and oxygen atoms in total. The largest absolute Gasteiger partial charge is 0.447 e. The van der Waals surface area contributed by atoms with Gasteiger partial charge in [-0.1, -0.05) is 29.3 Å². The number of nitrogens with zero attached hydrogens (tertiary/aromatic N) is 2. The summed E-state index contributed by atoms with van der Waals surface area (Å²) in [5.74, 6) is 0.481. The maximum atomic E-state index is 11.8. The first-order valence-electron chi connectivity index (χ1n) is 7.16. The second kappa shape index (κ2) is 7.20. The van der Waals surface area contributed by atoms with Gasteiger partial charge in [0, 0.05) is 22.2 Å². The summed E-state index contributed by atoms with van der Waals surface area (Å²) >= 11 is 12.6. The lowest BCUT2D eigenvalue weighted by Gasteiger charge is -2.28. The highest BCUT2D eigenvalue weighted by Crippen LogP contribution is 2.36. The molecule has 0 aliphatic carbocycles. The van der Waals surface area contributed by atoms with Gasteiger partial charge in [-0.2, -0.15) is 0 Å². The highest BCUT2D eigenvalue weighted by atomic mass is 35.5. The predicted molar refractivity (Wildman–Crippen MR) is 88.6 cm³/mol. The van der Waals surface area contributed by atoms with Gasteiger partial charge in [-0.3, -0.25) is 10.3 Å². The topological polar surface area (TPSA) is 53.9 Å². The van der Waals surface area contributed by atoms with Crippen LogP contribution in [0, 0.1) is 0 Å². The van der Waals surface area contributed by atoms with Crippen molar-refractivity contribution in [1.82, 2.24) is 10.2 Å². The molecule has 0 radical (unpaired) electrons. The van der Waals surface area contributed by atoms with Crippen molar-refractivity contribution in [3.05, 3.63) is 33.8 Å². The summed E-state index contributed by atoms with van der Waals surface area (Å²) in [6.07, 6.45) is -0.705. The molecule has 1 N–H and O–H groups in total. The third-order valence-electron chi connectivity index (χ3n) is 3.29. The fourth-order valence-corrected chi connectivity index (χ4v) is 3.05. The first-order chi connectivity index (χ1) is 10.4. The zero-order valence-electron chi connectivity index (χ0n) is 12.8. The molecule has 120 valence electrons. The van der Waals surface area contributed by atoms with Crippen molar-refractivity contribution in [2.45, 2.75) is 32.9 Å². The van der Waals surface area contributed by atoms with Crippen LogP contribution in [-0.2, 0) is 4.74 Å². The lowest BCUT2D eigenvalue weighted by molar-refractivity contribution is 0.119. The number of aliphatic imine (C=N–C) groups is 1. The van der Waals surface area contributed by atoms with Gasteiger partial charge in [-0.05, 0) is 32.9 Å². The van der Waals surface area contributed by atoms with Gasteiger partial charge in [-0.15, -0.1) is 0 Å². The average molecular weight is 344 g/mol. The lowest BCUT2D eigenvalue weighted by atomic mass is 10.1. The second-order valence-electron chi connectivity index (χ2n) is 5.18. The van der Waals surface area contributed by atoms with Gasteiger partial charge in [0.05, 0.1) is 18.7 Å². The molecule has 1 aromatic rings. The van der Waals surface area contributed by atoms with Crippen LogP contribution in [0.15, 0.2) is 23.2 Å². The van der Waals surface area contributed by atoms with E-state index in [1.165, 1.54) is 0 Å². The van der Waals surface area contributed by atoms with E-state index in [4.69, 9.17) is 27.9 Å². The van der Waals surface area contributed by atoms with Crippen molar-refractivity contribution >= 4 is 35.3 Å². The quantitative estimate of drug-likeness (QED) is 0.906. The van der Waals surface area contributed by atoms with Gasteiger partial charge in [0.25, 0.3) is 0 Å². The number of nitrogens with one attached hydrogen (secondary N) is 1. The minimum atomic E-state index is -0.516. The Labute approximate surface area is 140 Å². The Morgan fingerprint density at radius 3 is 2.64 bits per heavy atom. The number of ether oxygens (including phenoxy) is 1. The van der Waals surface area contributed by atoms with Gasteiger partial charge < -0.3 is 9.64 Å². The molecule has 0 fully saturated rings. The predicted octanol–water partition coefficient (Wildman–Crippen LogP) is 3.86. The Morgan fingerprint density at radius 1 is 1.45 bits per heavy atom. The maximum Gasteiger partial charge on any atom is 0.414 e. The van der Waals surface area contributed by atoms with E-state index >= 15 is 0 Å². The van der Waals surface area contributed by atoms with Crippen molar-refractivity contribution < 1.29 is 9.53 Å². The molecule has 0 saturated heterocycles. The Morgan fingerprint density at radius 2 is 2.09 bits per heavy atom. The van der Waals surface area contributed by atoms with E-state index < -0.39 is 6.09 Å². The second-order valence-corrected chi connectivity index (χ2v) is 5.99. The molecule has 0 bridgehead atoms. The molecule has 1 unspecified atom stereocenters. The zero-order valence-corrected chi connectivity index (χ0v) is 14.3. The summed E-state index contributed by atoms with van der Waals surface area (Å²) in [5, 5.41) is 3.87. The van der Waals surface area contributed by atoms with Crippen LogP contribution in [0.1, 0.15) is 32.4 Å². The smallest absolute Gasteiger partial charge is 0.414 e. The number of halogens is 2. The molecule has 1 aliphatic heterocycles. The number of carbonyl (C=O) groups excluding carboxylic acids is 1. The average Bonchev–Trinajstić information content (AvgIpc) is 2.80. The molecule has 1 atom stereocenters. The molecule has 0 saturated carbocycles. The Kier molecular flexibility index (Phi) is 5.53. The van der Waals surface area contributed by atoms with E-state index in [1.807, 2.05) is 11.8 Å². The van der Waals surface area contributed by atoms with Gasteiger partial charge in [0.15, 0.2) is 0 Å². The fourth-order valence-electron chi connectivity index (χ4n) is 2.40. The summed E-state index contributed by atoms with van der Waals surface area (Å²) in [7, 11) is 0. The molecule has 1 heterocycles. The number of amides is 1. The fraction of sp³-hybridized carbons (Fsp3) is 0.467. The van der Waals surface area contributed by atoms with Crippen LogP contribution in [0.4, 0.5) is 4.79 Å². The SMILES string of the molecule is CCN1C(NC(=O)OC(C)C)=NCC1c1c(Cl)cccc1Cl. The molecule has 1 aliphatic rings. The Bertz CT molecular complexity index is 570. The first kappa shape index (κ1) is 16.9. The van der Waals surface area contributed by atoms with E-state index in [0.29, 0.717) is 29.1 Å². The van der Waals surface area contributed by atoms with Gasteiger partial charge in [0.1, 0.15) is 0 Å². The number of rotatable bonds is 3. The standard InChI is InChI=1S/C15H19Cl2N3O2/c1-4-20-12(13-10(16)6-5-7-11(13)17)8-18-14(20)19-15(21)22-9(2)3/h5-7,9,12H,4,8H2,1-3H3,(H,18,19,21). The van der Waals surface area contributed by atoms with E-state index in [-0.39, 0.29) is 12.1 Å². The Balaban J connectivity index is 2.17. The van der Waals surface area contributed by atoms with Gasteiger partial charge >= 0.3 is 6.09 Å². The summed E-state index contributed by atoms with van der Waals surface area (Å²) in [6, 6.07) is 5.31. The first-order valence-corrected chi connectivity index (χ1v) is 7.92. The molecule has 7 heteroatoms. The van der Waals surface area contributed by atoms with Crippen LogP contribution in [0.5, 0.6) is 0 Å². The van der Waals surface area contributed by atoms with E-state index in [2.05, 4.69) is 10.3 Å². The maximum absolute atomic E-state index is 11.8. The monoisotopic (exact) mass is 343 g/mol. The van der Waals surface area contributed by atoms with Crippen molar-refractivity contribution in [2.75, 3.05) is 13.1 Å². The highest BCUT2D eigenvalue weighted by Gasteiger charge is 2.32. The number of carbonyl (C=O) groups is 1. The molecule has 0 aromatic heterocycles. The summed E-state index contributed by atoms with van der Waals surface area (Å²) < 4.78 is 5.08. The zero-order chi connectivity index (χ0) is 16.3. The Hall–Kier alpha value is -1.46. The number of benzene rings is 1. The number of hydrogen-bond acceptors (Lipinski definition) is 4. The van der Waals surface area contributed by atoms with Crippen molar-refractivity contribution in [3.63, 3.8) is 0 Å². The van der Waals surface area contributed by atoms with Crippen molar-refractivity contribution in [2.24, 2.45) is 4.99 Å². The molecule has 2 rings (SSSR count). The van der Waals surface area contributed by atoms with Crippen LogP contribution in [0.25, 0.3) is 0 Å². The molecule has 0 spiro atoms. The summed E-state index contributed by atoms with van der Waals surface area (Å²) in [4.78, 5) is 18.1. The summed E-state index contributed by atoms with van der Waals surface area (Å²) in [6.45, 7) is 6.70. The number of alkyl carbamates (subject to hydrolysis) is 1. The highest BCUT2D eigenvalue weighted by molar-refractivity contribution is 6.36. The molecule has 1 amide bonds.